The molecule has 3 rings (SSSR count). The number of carbonyl (C=O) groups excluding carboxylic acids is 1. The third kappa shape index (κ3) is 4.65. The Morgan fingerprint density at radius 2 is 2.07 bits per heavy atom. The van der Waals surface area contributed by atoms with Crippen LogP contribution in [0.4, 0.5) is 4.79 Å². The molecule has 0 unspecified atom stereocenters. The molecule has 1 aromatic carbocycles. The second-order valence-corrected chi connectivity index (χ2v) is 14.1. The predicted molar refractivity (Wildman–Crippen MR) is 113 cm³/mol. The number of nitrogens with zero attached hydrogens (tertiary/aromatic N) is 2. The summed E-state index contributed by atoms with van der Waals surface area (Å²) in [6, 6.07) is 5.70. The quantitative estimate of drug-likeness (QED) is 0.735. The van der Waals surface area contributed by atoms with Crippen LogP contribution < -0.4 is 0 Å². The number of benzene rings is 1. The lowest BCUT2D eigenvalue weighted by atomic mass is 10.0. The van der Waals surface area contributed by atoms with Crippen molar-refractivity contribution in [3.05, 3.63) is 34.9 Å². The number of ether oxygens (including phenoxy) is 1. The van der Waals surface area contributed by atoms with Crippen LogP contribution in [-0.4, -0.2) is 68.1 Å². The molecule has 0 aliphatic carbocycles. The second kappa shape index (κ2) is 8.08. The number of carboxylic acid groups (broad SMARTS) is 1. The zero-order chi connectivity index (χ0) is 21.4. The van der Waals surface area contributed by atoms with E-state index >= 15 is 0 Å². The van der Waals surface area contributed by atoms with Crippen LogP contribution in [0.15, 0.2) is 18.2 Å². The first kappa shape index (κ1) is 21.8. The van der Waals surface area contributed by atoms with Gasteiger partial charge in [-0.3, -0.25) is 4.79 Å². The molecule has 2 amide bonds. The van der Waals surface area contributed by atoms with Crippen LogP contribution in [0.5, 0.6) is 0 Å². The van der Waals surface area contributed by atoms with Gasteiger partial charge in [0, 0.05) is 25.2 Å². The maximum Gasteiger partial charge on any atom is 0.407 e. The number of carbonyl (C=O) groups is 2. The molecular formula is C21H32N2O5Si. The van der Waals surface area contributed by atoms with E-state index < -0.39 is 14.4 Å². The van der Waals surface area contributed by atoms with Crippen molar-refractivity contribution in [3.8, 4) is 0 Å². The molecule has 0 spiro atoms. The molecule has 0 aromatic heterocycles. The molecule has 0 bridgehead atoms. The van der Waals surface area contributed by atoms with Gasteiger partial charge in [0.1, 0.15) is 6.10 Å². The van der Waals surface area contributed by atoms with E-state index in [1.54, 1.807) is 0 Å². The van der Waals surface area contributed by atoms with E-state index in [2.05, 4.69) is 33.9 Å². The fourth-order valence-electron chi connectivity index (χ4n) is 3.43. The SMILES string of the molecule is CC(C)(C)[Si](C)(C)OCCN1Cc2cc([C@@H]3CN(C(=O)O)CCO3)ccc2C1=O. The van der Waals surface area contributed by atoms with Gasteiger partial charge >= 0.3 is 6.09 Å². The second-order valence-electron chi connectivity index (χ2n) is 9.34. The third-order valence-electron chi connectivity index (χ3n) is 6.35. The molecule has 7 nitrogen and oxygen atoms in total. The number of rotatable bonds is 5. The number of amides is 2. The molecule has 8 heteroatoms. The van der Waals surface area contributed by atoms with Crippen LogP contribution in [0.1, 0.15) is 48.4 Å². The highest BCUT2D eigenvalue weighted by molar-refractivity contribution is 6.74. The van der Waals surface area contributed by atoms with E-state index in [1.165, 1.54) is 4.90 Å². The first-order valence-corrected chi connectivity index (χ1v) is 13.1. The van der Waals surface area contributed by atoms with Gasteiger partial charge in [-0.2, -0.15) is 0 Å². The van der Waals surface area contributed by atoms with Gasteiger partial charge in [0.05, 0.1) is 19.8 Å². The Morgan fingerprint density at radius 3 is 2.72 bits per heavy atom. The average molecular weight is 421 g/mol. The van der Waals surface area contributed by atoms with Crippen molar-refractivity contribution in [2.45, 2.75) is 51.6 Å². The predicted octanol–water partition coefficient (Wildman–Crippen LogP) is 3.72. The van der Waals surface area contributed by atoms with E-state index in [-0.39, 0.29) is 17.0 Å². The molecule has 0 radical (unpaired) electrons. The summed E-state index contributed by atoms with van der Waals surface area (Å²) in [5.41, 5.74) is 2.60. The molecule has 29 heavy (non-hydrogen) atoms. The minimum Gasteiger partial charge on any atom is -0.465 e. The molecule has 1 atom stereocenters. The molecule has 1 N–H and O–H groups in total. The van der Waals surface area contributed by atoms with Crippen LogP contribution >= 0.6 is 0 Å². The Balaban J connectivity index is 1.63. The molecule has 2 aliphatic heterocycles. The number of fused-ring (bicyclic) bond motifs is 1. The first-order chi connectivity index (χ1) is 13.5. The van der Waals surface area contributed by atoms with Crippen molar-refractivity contribution < 1.29 is 23.9 Å². The number of morpholine rings is 1. The van der Waals surface area contributed by atoms with Crippen LogP contribution in [0.2, 0.25) is 18.1 Å². The highest BCUT2D eigenvalue weighted by Gasteiger charge is 2.37. The largest absolute Gasteiger partial charge is 0.465 e. The topological polar surface area (TPSA) is 79.3 Å². The maximum atomic E-state index is 12.7. The van der Waals surface area contributed by atoms with Crippen molar-refractivity contribution in [3.63, 3.8) is 0 Å². The smallest absolute Gasteiger partial charge is 0.407 e. The molecule has 2 heterocycles. The fraction of sp³-hybridized carbons (Fsp3) is 0.619. The highest BCUT2D eigenvalue weighted by atomic mass is 28.4. The van der Waals surface area contributed by atoms with Gasteiger partial charge in [0.25, 0.3) is 5.91 Å². The van der Waals surface area contributed by atoms with Gasteiger partial charge < -0.3 is 24.1 Å². The van der Waals surface area contributed by atoms with E-state index in [9.17, 15) is 14.7 Å². The van der Waals surface area contributed by atoms with Crippen molar-refractivity contribution >= 4 is 20.3 Å². The Hall–Kier alpha value is -1.90. The summed E-state index contributed by atoms with van der Waals surface area (Å²) in [4.78, 5) is 27.2. The standard InChI is InChI=1S/C21H32N2O5Si/c1-21(2,3)29(4,5)28-11-9-22-13-16-12-15(6-7-17(16)19(22)24)18-14-23(20(25)26)8-10-27-18/h6-7,12,18H,8-11,13-14H2,1-5H3,(H,25,26)/t18-/m0/s1. The molecule has 0 saturated carbocycles. The fourth-order valence-corrected chi connectivity index (χ4v) is 4.47. The Bertz CT molecular complexity index is 790. The number of hydrogen-bond donors (Lipinski definition) is 1. The Kier molecular flexibility index (Phi) is 6.07. The maximum absolute atomic E-state index is 12.7. The van der Waals surface area contributed by atoms with Crippen LogP contribution in [0, 0.1) is 0 Å². The van der Waals surface area contributed by atoms with Gasteiger partial charge in [-0.15, -0.1) is 0 Å². The summed E-state index contributed by atoms with van der Waals surface area (Å²) < 4.78 is 12.0. The summed E-state index contributed by atoms with van der Waals surface area (Å²) in [6.45, 7) is 13.8. The monoisotopic (exact) mass is 420 g/mol. The zero-order valence-electron chi connectivity index (χ0n) is 18.0. The van der Waals surface area contributed by atoms with E-state index in [4.69, 9.17) is 9.16 Å². The van der Waals surface area contributed by atoms with Gasteiger partial charge in [0.2, 0.25) is 0 Å². The van der Waals surface area contributed by atoms with E-state index in [0.717, 1.165) is 11.1 Å². The van der Waals surface area contributed by atoms with Crippen LogP contribution in [0.25, 0.3) is 0 Å². The first-order valence-electron chi connectivity index (χ1n) is 10.1. The summed E-state index contributed by atoms with van der Waals surface area (Å²) in [6.07, 6.45) is -1.22. The normalized spacial score (nSPS) is 20.2. The molecular weight excluding hydrogens is 388 g/mol. The molecule has 160 valence electrons. The number of hydrogen-bond acceptors (Lipinski definition) is 4. The van der Waals surface area contributed by atoms with Gasteiger partial charge in [-0.1, -0.05) is 32.9 Å². The summed E-state index contributed by atoms with van der Waals surface area (Å²) in [5.74, 6) is 0.0297. The average Bonchev–Trinajstić information content (AvgIpc) is 2.96. The van der Waals surface area contributed by atoms with Gasteiger partial charge in [0.15, 0.2) is 8.32 Å². The minimum absolute atomic E-state index is 0.0297. The summed E-state index contributed by atoms with van der Waals surface area (Å²) in [7, 11) is -1.83. The Labute approximate surface area is 173 Å². The zero-order valence-corrected chi connectivity index (χ0v) is 19.0. The summed E-state index contributed by atoms with van der Waals surface area (Å²) >= 11 is 0. The van der Waals surface area contributed by atoms with Crippen molar-refractivity contribution in [2.75, 3.05) is 32.8 Å². The van der Waals surface area contributed by atoms with E-state index in [0.29, 0.717) is 45.0 Å². The van der Waals surface area contributed by atoms with Crippen LogP contribution in [-0.2, 0) is 15.7 Å². The van der Waals surface area contributed by atoms with Gasteiger partial charge in [-0.25, -0.2) is 4.79 Å². The Morgan fingerprint density at radius 1 is 1.34 bits per heavy atom. The van der Waals surface area contributed by atoms with E-state index in [1.807, 2.05) is 23.1 Å². The third-order valence-corrected chi connectivity index (χ3v) is 10.9. The molecule has 1 aromatic rings. The van der Waals surface area contributed by atoms with Crippen LogP contribution in [0.3, 0.4) is 0 Å². The summed E-state index contributed by atoms with van der Waals surface area (Å²) in [5, 5.41) is 9.37. The van der Waals surface area contributed by atoms with Crippen molar-refractivity contribution in [1.82, 2.24) is 9.80 Å². The highest BCUT2D eigenvalue weighted by Crippen LogP contribution is 2.36. The molecule has 1 saturated heterocycles. The molecule has 1 fully saturated rings. The lowest BCUT2D eigenvalue weighted by molar-refractivity contribution is -0.0232. The molecule has 2 aliphatic rings. The minimum atomic E-state index is -1.83. The lowest BCUT2D eigenvalue weighted by Crippen LogP contribution is -2.42. The lowest BCUT2D eigenvalue weighted by Gasteiger charge is -2.36. The van der Waals surface area contributed by atoms with Gasteiger partial charge in [-0.05, 0) is 35.3 Å². The van der Waals surface area contributed by atoms with Crippen molar-refractivity contribution in [2.24, 2.45) is 0 Å². The van der Waals surface area contributed by atoms with Crippen molar-refractivity contribution in [1.29, 1.82) is 0 Å².